The summed E-state index contributed by atoms with van der Waals surface area (Å²) in [5, 5.41) is 10.7. The molecule has 1 spiro atoms. The summed E-state index contributed by atoms with van der Waals surface area (Å²) >= 11 is 0. The fourth-order valence-electron chi connectivity index (χ4n) is 4.65. The van der Waals surface area contributed by atoms with Crippen molar-refractivity contribution in [2.24, 2.45) is 11.3 Å². The largest absolute Gasteiger partial charge is 0.389 e. The lowest BCUT2D eigenvalue weighted by molar-refractivity contribution is -0.0877. The van der Waals surface area contributed by atoms with Crippen LogP contribution in [0.2, 0.25) is 0 Å². The molecule has 1 aliphatic heterocycles. The van der Waals surface area contributed by atoms with Crippen LogP contribution in [0.3, 0.4) is 0 Å². The van der Waals surface area contributed by atoms with Crippen LogP contribution in [0.25, 0.3) is 0 Å². The van der Waals surface area contributed by atoms with E-state index in [1.54, 1.807) is 0 Å². The Morgan fingerprint density at radius 1 is 1.12 bits per heavy atom. The van der Waals surface area contributed by atoms with Crippen LogP contribution >= 0.6 is 0 Å². The summed E-state index contributed by atoms with van der Waals surface area (Å²) < 4.78 is 0. The number of hydrogen-bond acceptors (Lipinski definition) is 2. The van der Waals surface area contributed by atoms with Gasteiger partial charge in [0, 0.05) is 19.6 Å². The quantitative estimate of drug-likeness (QED) is 0.798. The molecule has 2 heteroatoms. The van der Waals surface area contributed by atoms with Crippen LogP contribution in [0.4, 0.5) is 0 Å². The van der Waals surface area contributed by atoms with Gasteiger partial charge in [0.05, 0.1) is 5.60 Å². The molecule has 2 unspecified atom stereocenters. The summed E-state index contributed by atoms with van der Waals surface area (Å²) in [7, 11) is 0. The highest BCUT2D eigenvalue weighted by Gasteiger charge is 2.47. The minimum absolute atomic E-state index is 0.363. The van der Waals surface area contributed by atoms with Crippen molar-refractivity contribution in [3.63, 3.8) is 0 Å². The van der Waals surface area contributed by atoms with Gasteiger partial charge in [-0.3, -0.25) is 4.90 Å². The van der Waals surface area contributed by atoms with Gasteiger partial charge in [-0.15, -0.1) is 0 Å². The molecule has 2 atom stereocenters. The van der Waals surface area contributed by atoms with Crippen molar-refractivity contribution < 1.29 is 5.11 Å². The number of hydrogen-bond donors (Lipinski definition) is 1. The van der Waals surface area contributed by atoms with E-state index in [9.17, 15) is 5.11 Å². The van der Waals surface area contributed by atoms with Gasteiger partial charge in [-0.1, -0.05) is 32.6 Å². The van der Waals surface area contributed by atoms with Gasteiger partial charge in [0.2, 0.25) is 0 Å². The van der Waals surface area contributed by atoms with Crippen molar-refractivity contribution in [3.8, 4) is 0 Å². The van der Waals surface area contributed by atoms with Gasteiger partial charge in [-0.25, -0.2) is 0 Å². The first-order valence-electron chi connectivity index (χ1n) is 7.54. The Hall–Kier alpha value is -0.0800. The first kappa shape index (κ1) is 12.0. The van der Waals surface area contributed by atoms with Crippen LogP contribution in [-0.2, 0) is 0 Å². The fraction of sp³-hybridized carbons (Fsp3) is 1.00. The molecule has 3 aliphatic rings. The Morgan fingerprint density at radius 3 is 2.47 bits per heavy atom. The van der Waals surface area contributed by atoms with Gasteiger partial charge in [0.1, 0.15) is 0 Å². The molecule has 98 valence electrons. The van der Waals surface area contributed by atoms with E-state index in [1.165, 1.54) is 51.6 Å². The SMILES string of the molecule is CC1CCCC(O)(CN2CC3(CCCC3)C2)C1. The predicted octanol–water partition coefficient (Wildman–Crippen LogP) is 2.80. The molecule has 1 N–H and O–H groups in total. The van der Waals surface area contributed by atoms with Gasteiger partial charge < -0.3 is 5.11 Å². The third-order valence-corrected chi connectivity index (χ3v) is 5.37. The summed E-state index contributed by atoms with van der Waals surface area (Å²) in [6.45, 7) is 5.77. The maximum absolute atomic E-state index is 10.7. The van der Waals surface area contributed by atoms with Gasteiger partial charge in [0.15, 0.2) is 0 Å². The van der Waals surface area contributed by atoms with Crippen molar-refractivity contribution in [2.75, 3.05) is 19.6 Å². The van der Waals surface area contributed by atoms with Crippen LogP contribution in [0.5, 0.6) is 0 Å². The molecule has 3 fully saturated rings. The molecule has 2 saturated carbocycles. The maximum Gasteiger partial charge on any atom is 0.0776 e. The predicted molar refractivity (Wildman–Crippen MR) is 69.9 cm³/mol. The average Bonchev–Trinajstić information content (AvgIpc) is 2.65. The number of rotatable bonds is 2. The molecule has 1 saturated heterocycles. The molecule has 0 aromatic rings. The minimum Gasteiger partial charge on any atom is -0.389 e. The lowest BCUT2D eigenvalue weighted by Gasteiger charge is -2.52. The normalized spacial score (nSPS) is 41.6. The Bertz CT molecular complexity index is 277. The zero-order valence-corrected chi connectivity index (χ0v) is 11.2. The van der Waals surface area contributed by atoms with Crippen LogP contribution in [0.15, 0.2) is 0 Å². The molecular formula is C15H27NO. The zero-order valence-electron chi connectivity index (χ0n) is 11.2. The molecule has 2 nitrogen and oxygen atoms in total. The first-order chi connectivity index (χ1) is 8.09. The highest BCUT2D eigenvalue weighted by atomic mass is 16.3. The van der Waals surface area contributed by atoms with Crippen molar-refractivity contribution in [3.05, 3.63) is 0 Å². The third kappa shape index (κ3) is 2.39. The number of nitrogens with zero attached hydrogens (tertiary/aromatic N) is 1. The Balaban J connectivity index is 1.51. The second-order valence-electron chi connectivity index (χ2n) is 7.28. The van der Waals surface area contributed by atoms with Crippen molar-refractivity contribution in [1.29, 1.82) is 0 Å². The van der Waals surface area contributed by atoms with Gasteiger partial charge >= 0.3 is 0 Å². The monoisotopic (exact) mass is 237 g/mol. The lowest BCUT2D eigenvalue weighted by atomic mass is 9.74. The third-order valence-electron chi connectivity index (χ3n) is 5.37. The smallest absolute Gasteiger partial charge is 0.0776 e. The molecule has 2 aliphatic carbocycles. The molecule has 0 bridgehead atoms. The van der Waals surface area contributed by atoms with E-state index >= 15 is 0 Å². The Labute approximate surface area is 105 Å². The van der Waals surface area contributed by atoms with Crippen molar-refractivity contribution in [1.82, 2.24) is 4.90 Å². The van der Waals surface area contributed by atoms with Crippen LogP contribution in [0.1, 0.15) is 58.3 Å². The van der Waals surface area contributed by atoms with E-state index in [4.69, 9.17) is 0 Å². The summed E-state index contributed by atoms with van der Waals surface area (Å²) in [6.07, 6.45) is 10.3. The number of β-amino-alcohol motifs (C(OH)–C–C–N with tert-alkyl or cyclic N) is 1. The first-order valence-corrected chi connectivity index (χ1v) is 7.54. The van der Waals surface area contributed by atoms with E-state index in [1.807, 2.05) is 0 Å². The van der Waals surface area contributed by atoms with Gasteiger partial charge in [-0.05, 0) is 37.0 Å². The summed E-state index contributed by atoms with van der Waals surface area (Å²) in [4.78, 5) is 2.52. The summed E-state index contributed by atoms with van der Waals surface area (Å²) in [5.41, 5.74) is 0.314. The maximum atomic E-state index is 10.7. The minimum atomic E-state index is -0.363. The van der Waals surface area contributed by atoms with E-state index < -0.39 is 0 Å². The zero-order chi connectivity index (χ0) is 11.9. The van der Waals surface area contributed by atoms with Crippen molar-refractivity contribution >= 4 is 0 Å². The topological polar surface area (TPSA) is 23.5 Å². The Morgan fingerprint density at radius 2 is 1.82 bits per heavy atom. The second kappa shape index (κ2) is 4.24. The van der Waals surface area contributed by atoms with Crippen LogP contribution in [0, 0.1) is 11.3 Å². The van der Waals surface area contributed by atoms with E-state index in [0.717, 1.165) is 25.3 Å². The molecule has 1 heterocycles. The molecule has 0 aromatic carbocycles. The fourth-order valence-corrected chi connectivity index (χ4v) is 4.65. The molecule has 0 radical (unpaired) electrons. The molecule has 0 amide bonds. The highest BCUT2D eigenvalue weighted by Crippen LogP contribution is 2.46. The van der Waals surface area contributed by atoms with E-state index in [2.05, 4.69) is 11.8 Å². The van der Waals surface area contributed by atoms with E-state index in [0.29, 0.717) is 5.41 Å². The second-order valence-corrected chi connectivity index (χ2v) is 7.28. The molecule has 0 aromatic heterocycles. The molecular weight excluding hydrogens is 210 g/mol. The van der Waals surface area contributed by atoms with Gasteiger partial charge in [0.25, 0.3) is 0 Å². The average molecular weight is 237 g/mol. The summed E-state index contributed by atoms with van der Waals surface area (Å²) in [5.74, 6) is 0.718. The van der Waals surface area contributed by atoms with E-state index in [-0.39, 0.29) is 5.60 Å². The standard InChI is InChI=1S/C15H27NO/c1-13-5-4-8-15(17,9-13)12-16-10-14(11-16)6-2-3-7-14/h13,17H,2-12H2,1H3. The molecule has 17 heavy (non-hydrogen) atoms. The van der Waals surface area contributed by atoms with Gasteiger partial charge in [-0.2, -0.15) is 0 Å². The van der Waals surface area contributed by atoms with Crippen LogP contribution in [-0.4, -0.2) is 35.2 Å². The number of aliphatic hydroxyl groups is 1. The van der Waals surface area contributed by atoms with Crippen LogP contribution < -0.4 is 0 Å². The molecule has 3 rings (SSSR count). The summed E-state index contributed by atoms with van der Waals surface area (Å²) in [6, 6.07) is 0. The lowest BCUT2D eigenvalue weighted by Crippen LogP contribution is -2.59. The highest BCUT2D eigenvalue weighted by molar-refractivity contribution is 5.00. The Kier molecular flexibility index (Phi) is 2.99. The number of likely N-dealkylation sites (tertiary alicyclic amines) is 1. The van der Waals surface area contributed by atoms with Crippen molar-refractivity contribution in [2.45, 2.75) is 63.9 Å².